The van der Waals surface area contributed by atoms with Crippen molar-refractivity contribution in [1.29, 1.82) is 0 Å². The van der Waals surface area contributed by atoms with E-state index in [0.717, 1.165) is 19.4 Å². The van der Waals surface area contributed by atoms with Crippen LogP contribution in [-0.2, 0) is 9.59 Å². The lowest BCUT2D eigenvalue weighted by Crippen LogP contribution is -2.48. The maximum absolute atomic E-state index is 13.4. The molecule has 1 amide bonds. The minimum Gasteiger partial charge on any atom is -0.345 e. The molecule has 2 aromatic rings. The summed E-state index contributed by atoms with van der Waals surface area (Å²) in [4.78, 5) is 30.6. The average molecular weight is 402 g/mol. The van der Waals surface area contributed by atoms with E-state index in [2.05, 4.69) is 15.5 Å². The number of likely N-dealkylation sites (tertiary alicyclic amines) is 1. The van der Waals surface area contributed by atoms with Crippen LogP contribution in [-0.4, -0.2) is 52.4 Å². The predicted octanol–water partition coefficient (Wildman–Crippen LogP) is 2.78. The predicted molar refractivity (Wildman–Crippen MR) is 106 cm³/mol. The number of piperidine rings is 1. The molecule has 8 heteroatoms. The molecule has 0 radical (unpaired) electrons. The summed E-state index contributed by atoms with van der Waals surface area (Å²) in [6, 6.07) is 5.60. The number of benzene rings is 1. The van der Waals surface area contributed by atoms with Crippen molar-refractivity contribution in [3.63, 3.8) is 0 Å². The molecule has 1 fully saturated rings. The molecule has 7 nitrogen and oxygen atoms in total. The molecule has 0 aliphatic carbocycles. The van der Waals surface area contributed by atoms with E-state index in [4.69, 9.17) is 4.52 Å². The largest absolute Gasteiger partial charge is 0.345 e. The van der Waals surface area contributed by atoms with Crippen LogP contribution in [0.4, 0.5) is 4.39 Å². The summed E-state index contributed by atoms with van der Waals surface area (Å²) in [5.41, 5.74) is 0.566. The van der Waals surface area contributed by atoms with E-state index in [9.17, 15) is 14.0 Å². The van der Waals surface area contributed by atoms with E-state index in [1.165, 1.54) is 19.1 Å². The minimum atomic E-state index is -0.465. The number of Topliss-reactive ketones (excluding diaryl/α,β-unsaturated/α-hetero) is 1. The van der Waals surface area contributed by atoms with E-state index in [1.807, 2.05) is 18.7 Å². The highest BCUT2D eigenvalue weighted by molar-refractivity contribution is 5.88. The van der Waals surface area contributed by atoms with Crippen LogP contribution in [0.15, 0.2) is 28.8 Å². The Morgan fingerprint density at radius 2 is 2.17 bits per heavy atom. The van der Waals surface area contributed by atoms with Gasteiger partial charge in [0.15, 0.2) is 5.78 Å². The Morgan fingerprint density at radius 3 is 2.86 bits per heavy atom. The normalized spacial score (nSPS) is 18.6. The first-order valence-electron chi connectivity index (χ1n) is 9.95. The van der Waals surface area contributed by atoms with Gasteiger partial charge in [0, 0.05) is 12.1 Å². The van der Waals surface area contributed by atoms with Crippen molar-refractivity contribution < 1.29 is 18.5 Å². The second-order valence-electron chi connectivity index (χ2n) is 7.94. The molecule has 0 bridgehead atoms. The van der Waals surface area contributed by atoms with Crippen molar-refractivity contribution in [3.8, 4) is 11.4 Å². The van der Waals surface area contributed by atoms with Crippen LogP contribution in [0, 0.1) is 11.7 Å². The molecular formula is C21H27FN4O3. The second-order valence-corrected chi connectivity index (χ2v) is 7.94. The van der Waals surface area contributed by atoms with E-state index >= 15 is 0 Å². The molecule has 0 saturated carbocycles. The maximum atomic E-state index is 13.4. The van der Waals surface area contributed by atoms with Crippen molar-refractivity contribution in [2.45, 2.75) is 45.6 Å². The van der Waals surface area contributed by atoms with Crippen LogP contribution >= 0.6 is 0 Å². The van der Waals surface area contributed by atoms with Gasteiger partial charge in [0.05, 0.1) is 18.5 Å². The van der Waals surface area contributed by atoms with Gasteiger partial charge in [0.1, 0.15) is 5.82 Å². The molecule has 1 aliphatic rings. The highest BCUT2D eigenvalue weighted by Crippen LogP contribution is 2.27. The lowest BCUT2D eigenvalue weighted by atomic mass is 9.97. The molecule has 2 unspecified atom stereocenters. The zero-order chi connectivity index (χ0) is 21.0. The molecule has 2 atom stereocenters. The first-order valence-corrected chi connectivity index (χ1v) is 9.95. The Balaban J connectivity index is 1.61. The van der Waals surface area contributed by atoms with Gasteiger partial charge in [-0.25, -0.2) is 4.39 Å². The van der Waals surface area contributed by atoms with Crippen LogP contribution in [0.3, 0.4) is 0 Å². The first kappa shape index (κ1) is 21.1. The fourth-order valence-corrected chi connectivity index (χ4v) is 3.71. The summed E-state index contributed by atoms with van der Waals surface area (Å²) in [5.74, 6) is 0.360. The third-order valence-corrected chi connectivity index (χ3v) is 5.17. The number of carbonyl (C=O) groups excluding carboxylic acids is 2. The number of aromatic nitrogens is 2. The summed E-state index contributed by atoms with van der Waals surface area (Å²) in [5, 5.41) is 6.81. The van der Waals surface area contributed by atoms with Crippen molar-refractivity contribution in [3.05, 3.63) is 36.0 Å². The summed E-state index contributed by atoms with van der Waals surface area (Å²) in [6.45, 7) is 6.95. The van der Waals surface area contributed by atoms with E-state index in [1.54, 1.807) is 12.1 Å². The summed E-state index contributed by atoms with van der Waals surface area (Å²) in [7, 11) is 0. The molecule has 1 aromatic carbocycles. The summed E-state index contributed by atoms with van der Waals surface area (Å²) < 4.78 is 18.8. The SMILES string of the molecule is CC(=O)C(NC(=O)CN1CCCC(c2nc(-c3cccc(F)c3)no2)C1)C(C)C. The Kier molecular flexibility index (Phi) is 6.74. The number of nitrogens with zero attached hydrogens (tertiary/aromatic N) is 3. The second kappa shape index (κ2) is 9.26. The van der Waals surface area contributed by atoms with Gasteiger partial charge in [-0.3, -0.25) is 14.5 Å². The van der Waals surface area contributed by atoms with Crippen molar-refractivity contribution in [1.82, 2.24) is 20.4 Å². The van der Waals surface area contributed by atoms with Crippen molar-refractivity contribution in [2.75, 3.05) is 19.6 Å². The molecule has 1 N–H and O–H groups in total. The van der Waals surface area contributed by atoms with Gasteiger partial charge >= 0.3 is 0 Å². The molecular weight excluding hydrogens is 375 g/mol. The van der Waals surface area contributed by atoms with Crippen molar-refractivity contribution in [2.24, 2.45) is 5.92 Å². The van der Waals surface area contributed by atoms with Gasteiger partial charge in [0.2, 0.25) is 17.6 Å². The molecule has 1 saturated heterocycles. The van der Waals surface area contributed by atoms with Crippen LogP contribution in [0.2, 0.25) is 0 Å². The Bertz CT molecular complexity index is 867. The van der Waals surface area contributed by atoms with Gasteiger partial charge in [0.25, 0.3) is 0 Å². The summed E-state index contributed by atoms with van der Waals surface area (Å²) in [6.07, 6.45) is 1.78. The van der Waals surface area contributed by atoms with Crippen LogP contribution in [0.5, 0.6) is 0 Å². The maximum Gasteiger partial charge on any atom is 0.234 e. The zero-order valence-corrected chi connectivity index (χ0v) is 17.0. The zero-order valence-electron chi connectivity index (χ0n) is 17.0. The quantitative estimate of drug-likeness (QED) is 0.766. The fraction of sp³-hybridized carbons (Fsp3) is 0.524. The standard InChI is InChI=1S/C21H27FN4O3/c1-13(2)19(14(3)27)23-18(28)12-26-9-5-7-16(11-26)21-24-20(25-29-21)15-6-4-8-17(22)10-15/h4,6,8,10,13,16,19H,5,7,9,11-12H2,1-3H3,(H,23,28). The highest BCUT2D eigenvalue weighted by atomic mass is 19.1. The lowest BCUT2D eigenvalue weighted by Gasteiger charge is -2.31. The Hall–Kier alpha value is -2.61. The number of amides is 1. The third kappa shape index (κ3) is 5.47. The molecule has 1 aromatic heterocycles. The van der Waals surface area contributed by atoms with Crippen molar-refractivity contribution >= 4 is 11.7 Å². The molecule has 1 aliphatic heterocycles. The van der Waals surface area contributed by atoms with Gasteiger partial charge in [-0.2, -0.15) is 4.98 Å². The number of carbonyl (C=O) groups is 2. The number of hydrogen-bond acceptors (Lipinski definition) is 6. The number of halogens is 1. The van der Waals surface area contributed by atoms with E-state index in [-0.39, 0.29) is 35.9 Å². The summed E-state index contributed by atoms with van der Waals surface area (Å²) >= 11 is 0. The molecule has 2 heterocycles. The van der Waals surface area contributed by atoms with Crippen LogP contribution in [0.25, 0.3) is 11.4 Å². The van der Waals surface area contributed by atoms with E-state index < -0.39 is 6.04 Å². The van der Waals surface area contributed by atoms with Crippen LogP contribution < -0.4 is 5.32 Å². The average Bonchev–Trinajstić information content (AvgIpc) is 3.16. The number of ketones is 1. The molecule has 29 heavy (non-hydrogen) atoms. The molecule has 3 rings (SSSR count). The first-order chi connectivity index (χ1) is 13.8. The number of hydrogen-bond donors (Lipinski definition) is 1. The monoisotopic (exact) mass is 402 g/mol. The highest BCUT2D eigenvalue weighted by Gasteiger charge is 2.28. The topological polar surface area (TPSA) is 88.3 Å². The third-order valence-electron chi connectivity index (χ3n) is 5.17. The molecule has 0 spiro atoms. The fourth-order valence-electron chi connectivity index (χ4n) is 3.71. The molecule has 156 valence electrons. The van der Waals surface area contributed by atoms with Crippen LogP contribution in [0.1, 0.15) is 45.4 Å². The lowest BCUT2D eigenvalue weighted by molar-refractivity contribution is -0.128. The number of nitrogens with one attached hydrogen (secondary N) is 1. The van der Waals surface area contributed by atoms with Gasteiger partial charge < -0.3 is 9.84 Å². The smallest absolute Gasteiger partial charge is 0.234 e. The number of rotatable bonds is 7. The Morgan fingerprint density at radius 1 is 1.38 bits per heavy atom. The van der Waals surface area contributed by atoms with Gasteiger partial charge in [-0.05, 0) is 44.4 Å². The minimum absolute atomic E-state index is 0.0139. The Labute approximate surface area is 169 Å². The van der Waals surface area contributed by atoms with Gasteiger partial charge in [-0.15, -0.1) is 0 Å². The van der Waals surface area contributed by atoms with E-state index in [0.29, 0.717) is 23.8 Å². The van der Waals surface area contributed by atoms with Gasteiger partial charge in [-0.1, -0.05) is 31.1 Å².